The lowest BCUT2D eigenvalue weighted by Crippen LogP contribution is -2.59. The molecule has 0 spiro atoms. The molecule has 0 unspecified atom stereocenters. The largest absolute Gasteiger partial charge is 0.449 e. The monoisotopic (exact) mass is 710 g/mol. The van der Waals surface area contributed by atoms with Gasteiger partial charge in [0.25, 0.3) is 5.91 Å². The van der Waals surface area contributed by atoms with Gasteiger partial charge in [-0.25, -0.2) is 4.79 Å². The molecule has 4 rings (SSSR count). The van der Waals surface area contributed by atoms with Gasteiger partial charge < -0.3 is 35.8 Å². The van der Waals surface area contributed by atoms with Crippen molar-refractivity contribution >= 4 is 41.4 Å². The minimum atomic E-state index is -1.18. The predicted molar refractivity (Wildman–Crippen MR) is 188 cm³/mol. The molecule has 1 heterocycles. The number of Topliss-reactive ketones (excluding diaryl/α,β-unsaturated/α-hetero) is 1. The van der Waals surface area contributed by atoms with Crippen LogP contribution in [0, 0.1) is 23.7 Å². The topological polar surface area (TPSA) is 183 Å². The fourth-order valence-corrected chi connectivity index (χ4v) is 7.09. The summed E-state index contributed by atoms with van der Waals surface area (Å²) in [4.78, 5) is 95.5. The van der Waals surface area contributed by atoms with Gasteiger partial charge in [-0.15, -0.1) is 0 Å². The van der Waals surface area contributed by atoms with Gasteiger partial charge in [-0.05, 0) is 54.9 Å². The standard InChI is InChI=1S/C37H54N6O8/c1-6-13-27(32(45)34(47)38-19-28(44)40-29(35(48)42(4)5)23-14-9-7-10-15-23)39-33(46)31-26-18-25(26)20-43(31)36(49)30(24-16-11-8-12-17-24)41-37(50)51-21-22(2)3/h7,9-10,14-15,22,24-27,29-31H,6,8,11-13,16-21H2,1-5H3,(H,38,47)(H,39,46)(H,40,44)(H,41,50)/t25-,26-,27+,29-,30-,31-/m0/s1. The molecule has 14 nitrogen and oxygen atoms in total. The van der Waals surface area contributed by atoms with E-state index < -0.39 is 60.3 Å². The van der Waals surface area contributed by atoms with Crippen LogP contribution in [0.15, 0.2) is 30.3 Å². The zero-order valence-corrected chi connectivity index (χ0v) is 30.4. The van der Waals surface area contributed by atoms with E-state index >= 15 is 0 Å². The van der Waals surface area contributed by atoms with Gasteiger partial charge in [0.2, 0.25) is 29.4 Å². The number of carbonyl (C=O) groups excluding carboxylic acids is 7. The summed E-state index contributed by atoms with van der Waals surface area (Å²) in [7, 11) is 3.13. The van der Waals surface area contributed by atoms with Crippen LogP contribution in [0.4, 0.5) is 4.79 Å². The van der Waals surface area contributed by atoms with Crippen molar-refractivity contribution in [2.24, 2.45) is 23.7 Å². The first-order valence-electron chi connectivity index (χ1n) is 18.2. The molecule has 2 aliphatic carbocycles. The SMILES string of the molecule is CCC[C@@H](NC(=O)[C@@H]1[C@H]2C[C@H]2CN1C(=O)[C@@H](NC(=O)OCC(C)C)C1CCCCC1)C(=O)C(=O)NCC(=O)N[C@H](C(=O)N(C)C)c1ccccc1. The van der Waals surface area contributed by atoms with Crippen LogP contribution in [0.2, 0.25) is 0 Å². The number of carbonyl (C=O) groups is 7. The van der Waals surface area contributed by atoms with E-state index in [1.165, 1.54) is 9.80 Å². The van der Waals surface area contributed by atoms with E-state index in [0.717, 1.165) is 38.5 Å². The summed E-state index contributed by atoms with van der Waals surface area (Å²) in [5.74, 6) is -3.76. The zero-order chi connectivity index (χ0) is 37.2. The van der Waals surface area contributed by atoms with Crippen LogP contribution in [0.5, 0.6) is 0 Å². The number of likely N-dealkylation sites (tertiary alicyclic amines) is 1. The van der Waals surface area contributed by atoms with Gasteiger partial charge in [0, 0.05) is 20.6 Å². The highest BCUT2D eigenvalue weighted by atomic mass is 16.5. The molecular formula is C37H54N6O8. The molecule has 4 N–H and O–H groups in total. The van der Waals surface area contributed by atoms with Crippen molar-refractivity contribution in [3.8, 4) is 0 Å². The Balaban J connectivity index is 1.39. The number of nitrogens with one attached hydrogen (secondary N) is 4. The Morgan fingerprint density at radius 1 is 0.941 bits per heavy atom. The Kier molecular flexibility index (Phi) is 14.0. The fraction of sp³-hybridized carbons (Fsp3) is 0.649. The Hall–Kier alpha value is -4.49. The van der Waals surface area contributed by atoms with Crippen molar-refractivity contribution in [2.45, 2.75) is 96.3 Å². The highest BCUT2D eigenvalue weighted by Gasteiger charge is 2.58. The number of rotatable bonds is 16. The molecule has 0 aromatic heterocycles. The van der Waals surface area contributed by atoms with E-state index in [4.69, 9.17) is 4.74 Å². The third kappa shape index (κ3) is 10.5. The minimum Gasteiger partial charge on any atom is -0.449 e. The molecule has 2 saturated carbocycles. The lowest BCUT2D eigenvalue weighted by Gasteiger charge is -2.35. The molecule has 14 heteroatoms. The van der Waals surface area contributed by atoms with Crippen molar-refractivity contribution in [3.63, 3.8) is 0 Å². The number of benzene rings is 1. The van der Waals surface area contributed by atoms with Crippen molar-refractivity contribution in [3.05, 3.63) is 35.9 Å². The first kappa shape index (κ1) is 39.3. The molecule has 51 heavy (non-hydrogen) atoms. The molecule has 6 amide bonds. The van der Waals surface area contributed by atoms with Crippen molar-refractivity contribution in [1.82, 2.24) is 31.1 Å². The fourth-order valence-electron chi connectivity index (χ4n) is 7.09. The summed E-state index contributed by atoms with van der Waals surface area (Å²) in [5, 5.41) is 10.5. The molecule has 1 aromatic rings. The van der Waals surface area contributed by atoms with Crippen LogP contribution in [0.25, 0.3) is 0 Å². The third-order valence-corrected chi connectivity index (χ3v) is 9.88. The number of hydrogen-bond donors (Lipinski definition) is 4. The summed E-state index contributed by atoms with van der Waals surface area (Å²) in [6.07, 6.45) is 5.24. The molecule has 1 saturated heterocycles. The number of ether oxygens (including phenoxy) is 1. The predicted octanol–water partition coefficient (Wildman–Crippen LogP) is 2.08. The van der Waals surface area contributed by atoms with Crippen LogP contribution in [-0.4, -0.2) is 103 Å². The van der Waals surface area contributed by atoms with Crippen LogP contribution in [-0.2, 0) is 33.5 Å². The van der Waals surface area contributed by atoms with Crippen molar-refractivity contribution in [1.29, 1.82) is 0 Å². The molecule has 0 radical (unpaired) electrons. The Labute approximate surface area is 300 Å². The molecule has 1 aromatic carbocycles. The number of hydrogen-bond acceptors (Lipinski definition) is 8. The highest BCUT2D eigenvalue weighted by molar-refractivity contribution is 6.38. The number of nitrogens with zero attached hydrogens (tertiary/aromatic N) is 2. The molecule has 3 fully saturated rings. The summed E-state index contributed by atoms with van der Waals surface area (Å²) >= 11 is 0. The molecule has 3 aliphatic rings. The molecule has 1 aliphatic heterocycles. The van der Waals surface area contributed by atoms with Gasteiger partial charge in [-0.1, -0.05) is 76.8 Å². The second kappa shape index (κ2) is 18.1. The van der Waals surface area contributed by atoms with Crippen LogP contribution < -0.4 is 21.3 Å². The highest BCUT2D eigenvalue weighted by Crippen LogP contribution is 2.50. The van der Waals surface area contributed by atoms with E-state index in [9.17, 15) is 33.6 Å². The summed E-state index contributed by atoms with van der Waals surface area (Å²) < 4.78 is 5.35. The van der Waals surface area contributed by atoms with E-state index in [-0.39, 0.29) is 48.5 Å². The van der Waals surface area contributed by atoms with Gasteiger partial charge >= 0.3 is 6.09 Å². The van der Waals surface area contributed by atoms with E-state index in [2.05, 4.69) is 21.3 Å². The maximum atomic E-state index is 14.1. The van der Waals surface area contributed by atoms with E-state index in [1.807, 2.05) is 20.8 Å². The quantitative estimate of drug-likeness (QED) is 0.188. The van der Waals surface area contributed by atoms with Crippen LogP contribution in [0.1, 0.15) is 83.7 Å². The Bertz CT molecular complexity index is 1430. The average molecular weight is 711 g/mol. The number of alkyl carbamates (subject to hydrolysis) is 1. The maximum absolute atomic E-state index is 14.1. The summed E-state index contributed by atoms with van der Waals surface area (Å²) in [6.45, 7) is 5.68. The van der Waals surface area contributed by atoms with Gasteiger partial charge in [0.05, 0.1) is 19.2 Å². The van der Waals surface area contributed by atoms with Gasteiger partial charge in [-0.3, -0.25) is 28.8 Å². The zero-order valence-electron chi connectivity index (χ0n) is 30.4. The van der Waals surface area contributed by atoms with Crippen molar-refractivity contribution in [2.75, 3.05) is 33.8 Å². The van der Waals surface area contributed by atoms with Gasteiger partial charge in [0.1, 0.15) is 18.1 Å². The number of piperidine rings is 1. The number of fused-ring (bicyclic) bond motifs is 1. The number of amides is 6. The van der Waals surface area contributed by atoms with E-state index in [0.29, 0.717) is 18.5 Å². The third-order valence-electron chi connectivity index (χ3n) is 9.88. The lowest BCUT2D eigenvalue weighted by atomic mass is 9.83. The molecule has 6 atom stereocenters. The van der Waals surface area contributed by atoms with Crippen molar-refractivity contribution < 1.29 is 38.3 Å². The first-order valence-corrected chi connectivity index (χ1v) is 18.2. The maximum Gasteiger partial charge on any atom is 0.407 e. The second-order valence-corrected chi connectivity index (χ2v) is 14.6. The van der Waals surface area contributed by atoms with E-state index in [1.54, 1.807) is 44.4 Å². The first-order chi connectivity index (χ1) is 24.3. The summed E-state index contributed by atoms with van der Waals surface area (Å²) in [5.41, 5.74) is 0.557. The molecule has 0 bridgehead atoms. The van der Waals surface area contributed by atoms with Gasteiger partial charge in [0.15, 0.2) is 0 Å². The normalized spacial score (nSPS) is 21.4. The lowest BCUT2D eigenvalue weighted by molar-refractivity contribution is -0.144. The smallest absolute Gasteiger partial charge is 0.407 e. The van der Waals surface area contributed by atoms with Gasteiger partial charge in [-0.2, -0.15) is 0 Å². The second-order valence-electron chi connectivity index (χ2n) is 14.6. The average Bonchev–Trinajstić information content (AvgIpc) is 3.78. The van der Waals surface area contributed by atoms with Crippen LogP contribution >= 0.6 is 0 Å². The Morgan fingerprint density at radius 3 is 2.25 bits per heavy atom. The number of likely N-dealkylation sites (N-methyl/N-ethyl adjacent to an activating group) is 1. The van der Waals surface area contributed by atoms with Crippen LogP contribution in [0.3, 0.4) is 0 Å². The Morgan fingerprint density at radius 2 is 1.63 bits per heavy atom. The minimum absolute atomic E-state index is 0.0776. The summed E-state index contributed by atoms with van der Waals surface area (Å²) in [6, 6.07) is 4.81. The number of ketones is 1. The molecule has 280 valence electrons. The molecular weight excluding hydrogens is 656 g/mol.